The first kappa shape index (κ1) is 15.3. The van der Waals surface area contributed by atoms with Gasteiger partial charge in [0.2, 0.25) is 21.9 Å². The summed E-state index contributed by atoms with van der Waals surface area (Å²) in [5, 5.41) is 2.52. The summed E-state index contributed by atoms with van der Waals surface area (Å²) in [7, 11) is 1.56. The first-order valence-corrected chi connectivity index (χ1v) is 7.25. The maximum Gasteiger partial charge on any atom is 0.239 e. The lowest BCUT2D eigenvalue weighted by Crippen LogP contribution is -2.34. The second-order valence-electron chi connectivity index (χ2n) is 4.23. The summed E-state index contributed by atoms with van der Waals surface area (Å²) in [6, 6.07) is 0. The van der Waals surface area contributed by atoms with E-state index in [0.717, 1.165) is 10.6 Å². The predicted octanol–water partition coefficient (Wildman–Crippen LogP) is -0.627. The van der Waals surface area contributed by atoms with E-state index < -0.39 is 15.9 Å². The van der Waals surface area contributed by atoms with E-state index >= 15 is 0 Å². The Balaban J connectivity index is 2.62. The zero-order chi connectivity index (χ0) is 14.6. The molecule has 0 unspecified atom stereocenters. The van der Waals surface area contributed by atoms with Crippen molar-refractivity contribution in [2.45, 2.75) is 0 Å². The van der Waals surface area contributed by atoms with Crippen molar-refractivity contribution in [1.29, 1.82) is 0 Å². The number of nitrogens with one attached hydrogen (secondary N) is 1. The van der Waals surface area contributed by atoms with E-state index in [1.165, 1.54) is 19.4 Å². The minimum atomic E-state index is -3.37. The normalized spacial score (nSPS) is 11.4. The largest absolute Gasteiger partial charge is 0.347 e. The number of hydrogen-bond acceptors (Lipinski definition) is 6. The van der Waals surface area contributed by atoms with Gasteiger partial charge < -0.3 is 10.2 Å². The van der Waals surface area contributed by atoms with Gasteiger partial charge in [-0.15, -0.1) is 0 Å². The number of likely N-dealkylation sites (N-methyl/N-ethyl adjacent to an activating group) is 1. The Hall–Kier alpha value is -1.74. The molecule has 1 aromatic rings. The highest BCUT2D eigenvalue weighted by Crippen LogP contribution is 2.07. The van der Waals surface area contributed by atoms with E-state index in [1.807, 2.05) is 0 Å². The van der Waals surface area contributed by atoms with Crippen molar-refractivity contribution < 1.29 is 13.2 Å². The summed E-state index contributed by atoms with van der Waals surface area (Å²) in [5.74, 6) is 0.0698. The molecule has 9 heteroatoms. The van der Waals surface area contributed by atoms with Gasteiger partial charge >= 0.3 is 0 Å². The fourth-order valence-electron chi connectivity index (χ4n) is 1.14. The molecule has 19 heavy (non-hydrogen) atoms. The van der Waals surface area contributed by atoms with Crippen LogP contribution in [-0.4, -0.2) is 62.5 Å². The number of sulfonamides is 1. The van der Waals surface area contributed by atoms with E-state index in [9.17, 15) is 13.2 Å². The summed E-state index contributed by atoms with van der Waals surface area (Å²) in [6.45, 7) is -0.256. The van der Waals surface area contributed by atoms with Crippen LogP contribution in [0.1, 0.15) is 0 Å². The van der Waals surface area contributed by atoms with Crippen LogP contribution < -0.4 is 10.2 Å². The lowest BCUT2D eigenvalue weighted by molar-refractivity contribution is -0.116. The molecule has 0 bridgehead atoms. The summed E-state index contributed by atoms with van der Waals surface area (Å²) in [6.07, 6.45) is 3.95. The molecular formula is C10H17N5O3S. The molecule has 0 aromatic carbocycles. The van der Waals surface area contributed by atoms with Gasteiger partial charge in [0.1, 0.15) is 0 Å². The van der Waals surface area contributed by atoms with Crippen LogP contribution >= 0.6 is 0 Å². The van der Waals surface area contributed by atoms with Crippen LogP contribution in [0.3, 0.4) is 0 Å². The smallest absolute Gasteiger partial charge is 0.239 e. The SMILES string of the molecule is CN(C)c1ncc(NC(=O)CN(C)S(C)(=O)=O)cn1. The van der Waals surface area contributed by atoms with Crippen LogP contribution in [0.2, 0.25) is 0 Å². The molecule has 0 aliphatic heterocycles. The molecule has 0 aliphatic rings. The van der Waals surface area contributed by atoms with Crippen LogP contribution in [0.4, 0.5) is 11.6 Å². The number of hydrogen-bond donors (Lipinski definition) is 1. The van der Waals surface area contributed by atoms with Gasteiger partial charge in [-0.3, -0.25) is 4.79 Å². The number of nitrogens with zero attached hydrogens (tertiary/aromatic N) is 4. The van der Waals surface area contributed by atoms with Crippen molar-refractivity contribution in [2.75, 3.05) is 44.2 Å². The predicted molar refractivity (Wildman–Crippen MR) is 72.5 cm³/mol. The van der Waals surface area contributed by atoms with Crippen molar-refractivity contribution >= 4 is 27.6 Å². The van der Waals surface area contributed by atoms with Gasteiger partial charge in [0.05, 0.1) is 30.9 Å². The third-order valence-electron chi connectivity index (χ3n) is 2.25. The Kier molecular flexibility index (Phi) is 4.78. The van der Waals surface area contributed by atoms with Crippen LogP contribution in [0, 0.1) is 0 Å². The van der Waals surface area contributed by atoms with Crippen molar-refractivity contribution in [3.63, 3.8) is 0 Å². The minimum Gasteiger partial charge on any atom is -0.347 e. The molecule has 0 fully saturated rings. The monoisotopic (exact) mass is 287 g/mol. The quantitative estimate of drug-likeness (QED) is 0.775. The molecule has 0 atom stereocenters. The van der Waals surface area contributed by atoms with E-state index in [-0.39, 0.29) is 6.54 Å². The van der Waals surface area contributed by atoms with Gasteiger partial charge in [-0.25, -0.2) is 18.4 Å². The zero-order valence-corrected chi connectivity index (χ0v) is 12.1. The number of amides is 1. The molecule has 0 radical (unpaired) electrons. The maximum absolute atomic E-state index is 11.6. The lowest BCUT2D eigenvalue weighted by Gasteiger charge is -2.14. The van der Waals surface area contributed by atoms with E-state index in [4.69, 9.17) is 0 Å². The number of carbonyl (C=O) groups excluding carboxylic acids is 1. The summed E-state index contributed by atoms with van der Waals surface area (Å²) in [5.41, 5.74) is 0.414. The first-order valence-electron chi connectivity index (χ1n) is 5.40. The van der Waals surface area contributed by atoms with Crippen LogP contribution in [0.5, 0.6) is 0 Å². The number of rotatable bonds is 5. The Morgan fingerprint density at radius 1 is 1.26 bits per heavy atom. The van der Waals surface area contributed by atoms with Crippen molar-refractivity contribution in [2.24, 2.45) is 0 Å². The van der Waals surface area contributed by atoms with E-state index in [2.05, 4.69) is 15.3 Å². The number of aromatic nitrogens is 2. The van der Waals surface area contributed by atoms with Crippen LogP contribution in [0.25, 0.3) is 0 Å². The second kappa shape index (κ2) is 5.93. The minimum absolute atomic E-state index is 0.256. The highest BCUT2D eigenvalue weighted by atomic mass is 32.2. The van der Waals surface area contributed by atoms with Gasteiger partial charge in [-0.05, 0) is 0 Å². The molecule has 0 saturated carbocycles. The Bertz CT molecular complexity index is 541. The van der Waals surface area contributed by atoms with Crippen molar-refractivity contribution in [3.8, 4) is 0 Å². The Labute approximate surface area is 112 Å². The molecule has 1 amide bonds. The topological polar surface area (TPSA) is 95.5 Å². The molecular weight excluding hydrogens is 270 g/mol. The first-order chi connectivity index (χ1) is 8.70. The van der Waals surface area contributed by atoms with Gasteiger partial charge in [0, 0.05) is 21.1 Å². The average molecular weight is 287 g/mol. The summed E-state index contributed by atoms with van der Waals surface area (Å²) < 4.78 is 23.3. The van der Waals surface area contributed by atoms with Gasteiger partial charge in [-0.1, -0.05) is 0 Å². The molecule has 106 valence electrons. The number of anilines is 2. The summed E-state index contributed by atoms with van der Waals surface area (Å²) >= 11 is 0. The molecule has 1 rings (SSSR count). The molecule has 1 N–H and O–H groups in total. The molecule has 0 saturated heterocycles. The Morgan fingerprint density at radius 3 is 2.21 bits per heavy atom. The van der Waals surface area contributed by atoms with Crippen molar-refractivity contribution in [3.05, 3.63) is 12.4 Å². The van der Waals surface area contributed by atoms with Gasteiger partial charge in [0.25, 0.3) is 0 Å². The lowest BCUT2D eigenvalue weighted by atomic mass is 10.5. The molecule has 0 aliphatic carbocycles. The third-order valence-corrected chi connectivity index (χ3v) is 3.52. The standard InChI is InChI=1S/C10H17N5O3S/c1-14(2)10-11-5-8(6-12-10)13-9(16)7-15(3)19(4,17)18/h5-6H,7H2,1-4H3,(H,13,16). The van der Waals surface area contributed by atoms with Gasteiger partial charge in [-0.2, -0.15) is 4.31 Å². The van der Waals surface area contributed by atoms with Crippen LogP contribution in [0.15, 0.2) is 12.4 Å². The highest BCUT2D eigenvalue weighted by molar-refractivity contribution is 7.88. The average Bonchev–Trinajstić information content (AvgIpc) is 2.28. The fourth-order valence-corrected chi connectivity index (χ4v) is 1.49. The van der Waals surface area contributed by atoms with Crippen molar-refractivity contribution in [1.82, 2.24) is 14.3 Å². The summed E-state index contributed by atoms with van der Waals surface area (Å²) in [4.78, 5) is 21.4. The zero-order valence-electron chi connectivity index (χ0n) is 11.3. The highest BCUT2D eigenvalue weighted by Gasteiger charge is 2.15. The second-order valence-corrected chi connectivity index (χ2v) is 6.32. The maximum atomic E-state index is 11.6. The number of carbonyl (C=O) groups is 1. The third kappa shape index (κ3) is 4.79. The fraction of sp³-hybridized carbons (Fsp3) is 0.500. The van der Waals surface area contributed by atoms with Gasteiger partial charge in [0.15, 0.2) is 0 Å². The molecule has 0 spiro atoms. The van der Waals surface area contributed by atoms with E-state index in [0.29, 0.717) is 11.6 Å². The molecule has 1 heterocycles. The van der Waals surface area contributed by atoms with E-state index in [1.54, 1.807) is 19.0 Å². The Morgan fingerprint density at radius 2 is 1.79 bits per heavy atom. The molecule has 1 aromatic heterocycles. The molecule has 8 nitrogen and oxygen atoms in total. The van der Waals surface area contributed by atoms with Crippen LogP contribution in [-0.2, 0) is 14.8 Å².